The zero-order valence-electron chi connectivity index (χ0n) is 20.1. The van der Waals surface area contributed by atoms with Gasteiger partial charge in [-0.05, 0) is 43.2 Å². The Labute approximate surface area is 216 Å². The number of alkyl halides is 3. The number of aromatic nitrogens is 3. The van der Waals surface area contributed by atoms with Gasteiger partial charge in [-0.3, -0.25) is 4.79 Å². The van der Waals surface area contributed by atoms with Gasteiger partial charge < -0.3 is 19.4 Å². The minimum atomic E-state index is -4.55. The molecule has 12 heteroatoms. The molecule has 0 saturated heterocycles. The number of benzene rings is 2. The number of nitrogens with zero attached hydrogens (tertiary/aromatic N) is 3. The van der Waals surface area contributed by atoms with E-state index in [2.05, 4.69) is 15.5 Å². The Morgan fingerprint density at radius 2 is 1.83 bits per heavy atom. The van der Waals surface area contributed by atoms with Crippen LogP contribution in [0.1, 0.15) is 38.3 Å². The Morgan fingerprint density at radius 1 is 1.14 bits per heavy atom. The summed E-state index contributed by atoms with van der Waals surface area (Å²) in [6.07, 6.45) is -5.02. The van der Waals surface area contributed by atoms with Gasteiger partial charge in [-0.2, -0.15) is 13.2 Å². The molecule has 0 aliphatic carbocycles. The molecule has 0 radical (unpaired) electrons. The fourth-order valence-electron chi connectivity index (χ4n) is 3.32. The lowest BCUT2D eigenvalue weighted by Gasteiger charge is -2.19. The number of anilines is 1. The first kappa shape index (κ1) is 27.7. The van der Waals surface area contributed by atoms with Gasteiger partial charge in [0.2, 0.25) is 5.91 Å². The van der Waals surface area contributed by atoms with Crippen LogP contribution in [0.25, 0.3) is 0 Å². The van der Waals surface area contributed by atoms with Crippen LogP contribution < -0.4 is 14.8 Å². The van der Waals surface area contributed by atoms with Crippen molar-refractivity contribution in [2.24, 2.45) is 5.92 Å². The lowest BCUT2D eigenvalue weighted by molar-refractivity contribution is -0.137. The van der Waals surface area contributed by atoms with Crippen molar-refractivity contribution in [1.29, 1.82) is 0 Å². The molecule has 0 spiro atoms. The predicted octanol–water partition coefficient (Wildman–Crippen LogP) is 6.49. The molecule has 7 nitrogen and oxygen atoms in total. The van der Waals surface area contributed by atoms with Crippen molar-refractivity contribution < 1.29 is 27.4 Å². The van der Waals surface area contributed by atoms with Crippen molar-refractivity contribution in [3.8, 4) is 11.5 Å². The molecule has 1 N–H and O–H groups in total. The summed E-state index contributed by atoms with van der Waals surface area (Å²) in [6, 6.07) is 10.0. The molecule has 1 heterocycles. The van der Waals surface area contributed by atoms with E-state index in [-0.39, 0.29) is 22.4 Å². The standard InChI is InChI=1S/C24H26ClF3N4O3S/c1-14(2)12-32-22(15(3)35-20-8-6-5-7-19(20)34-4)30-31-23(32)36-13-21(33)29-18-11-16(24(26,27)28)9-10-17(18)25/h5-11,14-15H,12-13H2,1-4H3,(H,29,33). The number of halogens is 4. The number of methoxy groups -OCH3 is 1. The van der Waals surface area contributed by atoms with Crippen molar-refractivity contribution in [2.75, 3.05) is 18.2 Å². The molecule has 1 amide bonds. The van der Waals surface area contributed by atoms with Crippen molar-refractivity contribution >= 4 is 35.0 Å². The SMILES string of the molecule is COc1ccccc1OC(C)c1nnc(SCC(=O)Nc2cc(C(F)(F)F)ccc2Cl)n1CC(C)C. The quantitative estimate of drug-likeness (QED) is 0.295. The second-order valence-corrected chi connectivity index (χ2v) is 9.64. The Balaban J connectivity index is 1.74. The molecule has 1 unspecified atom stereocenters. The summed E-state index contributed by atoms with van der Waals surface area (Å²) in [7, 11) is 1.56. The topological polar surface area (TPSA) is 78.3 Å². The van der Waals surface area contributed by atoms with Gasteiger partial charge in [-0.1, -0.05) is 49.3 Å². The summed E-state index contributed by atoms with van der Waals surface area (Å²) in [5.74, 6) is 1.32. The minimum absolute atomic E-state index is 0.00826. The van der Waals surface area contributed by atoms with Crippen molar-refractivity contribution in [1.82, 2.24) is 14.8 Å². The molecule has 36 heavy (non-hydrogen) atoms. The van der Waals surface area contributed by atoms with Crippen LogP contribution in [0.2, 0.25) is 5.02 Å². The zero-order valence-corrected chi connectivity index (χ0v) is 21.7. The number of rotatable bonds is 10. The average molecular weight is 543 g/mol. The van der Waals surface area contributed by atoms with Crippen molar-refractivity contribution in [3.05, 3.63) is 58.9 Å². The molecule has 1 aromatic heterocycles. The molecule has 3 rings (SSSR count). The second-order valence-electron chi connectivity index (χ2n) is 8.29. The van der Waals surface area contributed by atoms with E-state index in [1.807, 2.05) is 37.5 Å². The molecule has 1 atom stereocenters. The molecule has 194 valence electrons. The highest BCUT2D eigenvalue weighted by Crippen LogP contribution is 2.34. The predicted molar refractivity (Wildman–Crippen MR) is 133 cm³/mol. The number of hydrogen-bond donors (Lipinski definition) is 1. The van der Waals surface area contributed by atoms with E-state index in [0.717, 1.165) is 30.0 Å². The van der Waals surface area contributed by atoms with Gasteiger partial charge in [0.25, 0.3) is 0 Å². The molecule has 0 saturated carbocycles. The Morgan fingerprint density at radius 3 is 2.47 bits per heavy atom. The third-order valence-electron chi connectivity index (χ3n) is 4.93. The molecule has 0 bridgehead atoms. The maximum Gasteiger partial charge on any atom is 0.416 e. The summed E-state index contributed by atoms with van der Waals surface area (Å²) in [5.41, 5.74) is -1.01. The van der Waals surface area contributed by atoms with Crippen LogP contribution in [-0.4, -0.2) is 33.5 Å². The lowest BCUT2D eigenvalue weighted by Crippen LogP contribution is -2.17. The zero-order chi connectivity index (χ0) is 26.5. The van der Waals surface area contributed by atoms with E-state index in [4.69, 9.17) is 21.1 Å². The van der Waals surface area contributed by atoms with Gasteiger partial charge in [0.05, 0.1) is 29.1 Å². The molecule has 0 fully saturated rings. The van der Waals surface area contributed by atoms with Gasteiger partial charge in [-0.15, -0.1) is 10.2 Å². The van der Waals surface area contributed by atoms with Crippen LogP contribution >= 0.6 is 23.4 Å². The number of amides is 1. The molecular formula is C24H26ClF3N4O3S. The molecule has 0 aliphatic rings. The first-order valence-electron chi connectivity index (χ1n) is 11.0. The van der Waals surface area contributed by atoms with E-state index >= 15 is 0 Å². The van der Waals surface area contributed by atoms with Crippen molar-refractivity contribution in [2.45, 2.75) is 44.8 Å². The van der Waals surface area contributed by atoms with Crippen LogP contribution in [-0.2, 0) is 17.5 Å². The van der Waals surface area contributed by atoms with Gasteiger partial charge in [-0.25, -0.2) is 0 Å². The molecular weight excluding hydrogens is 517 g/mol. The minimum Gasteiger partial charge on any atom is -0.493 e. The third-order valence-corrected chi connectivity index (χ3v) is 6.23. The molecule has 3 aromatic rings. The maximum atomic E-state index is 13.0. The largest absolute Gasteiger partial charge is 0.493 e. The number of carbonyl (C=O) groups is 1. The first-order chi connectivity index (χ1) is 17.0. The van der Waals surface area contributed by atoms with Gasteiger partial charge in [0.15, 0.2) is 28.6 Å². The van der Waals surface area contributed by atoms with Crippen LogP contribution in [0, 0.1) is 5.92 Å². The highest BCUT2D eigenvalue weighted by atomic mass is 35.5. The van der Waals surface area contributed by atoms with Crippen LogP contribution in [0.4, 0.5) is 18.9 Å². The van der Waals surface area contributed by atoms with Crippen LogP contribution in [0.5, 0.6) is 11.5 Å². The summed E-state index contributed by atoms with van der Waals surface area (Å²) in [5, 5.41) is 11.4. The highest BCUT2D eigenvalue weighted by Gasteiger charge is 2.31. The summed E-state index contributed by atoms with van der Waals surface area (Å²) in [6.45, 7) is 6.48. The Hall–Kier alpha value is -2.92. The summed E-state index contributed by atoms with van der Waals surface area (Å²) < 4.78 is 52.3. The number of carbonyl (C=O) groups excluding carboxylic acids is 1. The number of ether oxygens (including phenoxy) is 2. The fraction of sp³-hybridized carbons (Fsp3) is 0.375. The number of para-hydroxylation sites is 2. The summed E-state index contributed by atoms with van der Waals surface area (Å²) in [4.78, 5) is 12.5. The lowest BCUT2D eigenvalue weighted by atomic mass is 10.2. The van der Waals surface area contributed by atoms with Crippen molar-refractivity contribution in [3.63, 3.8) is 0 Å². The first-order valence-corrected chi connectivity index (χ1v) is 12.4. The monoisotopic (exact) mass is 542 g/mol. The van der Waals surface area contributed by atoms with E-state index in [9.17, 15) is 18.0 Å². The summed E-state index contributed by atoms with van der Waals surface area (Å²) >= 11 is 7.09. The van der Waals surface area contributed by atoms with E-state index in [1.54, 1.807) is 19.2 Å². The average Bonchev–Trinajstić information content (AvgIpc) is 3.20. The number of hydrogen-bond acceptors (Lipinski definition) is 6. The highest BCUT2D eigenvalue weighted by molar-refractivity contribution is 7.99. The number of nitrogens with one attached hydrogen (secondary N) is 1. The smallest absolute Gasteiger partial charge is 0.416 e. The Kier molecular flexibility index (Phi) is 9.13. The molecule has 2 aromatic carbocycles. The van der Waals surface area contributed by atoms with Gasteiger partial charge >= 0.3 is 6.18 Å². The van der Waals surface area contributed by atoms with Crippen LogP contribution in [0.15, 0.2) is 47.6 Å². The third kappa shape index (κ3) is 7.07. The Bertz CT molecular complexity index is 1200. The second kappa shape index (κ2) is 11.9. The number of thioether (sulfide) groups is 1. The fourth-order valence-corrected chi connectivity index (χ4v) is 4.24. The van der Waals surface area contributed by atoms with E-state index in [0.29, 0.717) is 29.0 Å². The maximum absolute atomic E-state index is 13.0. The van der Waals surface area contributed by atoms with E-state index < -0.39 is 23.8 Å². The van der Waals surface area contributed by atoms with Gasteiger partial charge in [0.1, 0.15) is 0 Å². The molecule has 0 aliphatic heterocycles. The van der Waals surface area contributed by atoms with Crippen LogP contribution in [0.3, 0.4) is 0 Å². The van der Waals surface area contributed by atoms with E-state index in [1.165, 1.54) is 0 Å². The van der Waals surface area contributed by atoms with Gasteiger partial charge in [0, 0.05) is 6.54 Å². The normalized spacial score (nSPS) is 12.5.